The molecule has 0 unspecified atom stereocenters. The molecule has 0 rings (SSSR count). The summed E-state index contributed by atoms with van der Waals surface area (Å²) in [5.74, 6) is 0.117. The van der Waals surface area contributed by atoms with Gasteiger partial charge in [-0.25, -0.2) is 0 Å². The van der Waals surface area contributed by atoms with E-state index in [9.17, 15) is 4.79 Å². The Labute approximate surface area is 70.6 Å². The van der Waals surface area contributed by atoms with Gasteiger partial charge in [-0.2, -0.15) is 0 Å². The average Bonchev–Trinajstić information content (AvgIpc) is 1.65. The third kappa shape index (κ3) is 3.25. The summed E-state index contributed by atoms with van der Waals surface area (Å²) >= 11 is 1.29. The second-order valence-corrected chi connectivity index (χ2v) is 1.48. The van der Waals surface area contributed by atoms with Crippen molar-refractivity contribution >= 4 is 5.91 Å². The first-order chi connectivity index (χ1) is 2.81. The molecule has 1 amide bonds. The summed E-state index contributed by atoms with van der Waals surface area (Å²) in [6, 6.07) is 0. The molecule has 0 fully saturated rings. The molecule has 0 aromatic rings. The van der Waals surface area contributed by atoms with E-state index in [4.69, 9.17) is 0 Å². The summed E-state index contributed by atoms with van der Waals surface area (Å²) in [6.07, 6.45) is 0.594. The predicted octanol–water partition coefficient (Wildman–Crippen LogP) is -0.0231. The summed E-state index contributed by atoms with van der Waals surface area (Å²) in [6.45, 7) is 1.83. The van der Waals surface area contributed by atoms with Gasteiger partial charge in [-0.05, 0) is 0 Å². The Morgan fingerprint density at radius 3 is 2.50 bits per heavy atom. The van der Waals surface area contributed by atoms with Gasteiger partial charge in [-0.1, -0.05) is 0 Å². The first-order valence-corrected chi connectivity index (χ1v) is 2.92. The Balaban J connectivity index is 2.99. The van der Waals surface area contributed by atoms with Gasteiger partial charge in [0.15, 0.2) is 0 Å². The SMILES string of the molecule is CCC(=O)[NH][Eu]. The second kappa shape index (κ2) is 4.22. The van der Waals surface area contributed by atoms with E-state index in [0.717, 1.165) is 0 Å². The summed E-state index contributed by atoms with van der Waals surface area (Å²) in [4.78, 5) is 10.1. The first-order valence-electron chi connectivity index (χ1n) is 1.70. The van der Waals surface area contributed by atoms with Gasteiger partial charge in [-0.15, -0.1) is 0 Å². The molecule has 3 heteroatoms. The van der Waals surface area contributed by atoms with Crippen molar-refractivity contribution in [1.29, 1.82) is 0 Å². The fourth-order valence-corrected chi connectivity index (χ4v) is 0.496. The molecule has 0 aromatic carbocycles. The molecule has 0 heterocycles. The van der Waals surface area contributed by atoms with Gasteiger partial charge in [0.25, 0.3) is 0 Å². The Morgan fingerprint density at radius 2 is 2.50 bits per heavy atom. The number of rotatable bonds is 1. The Kier molecular flexibility index (Phi) is 4.96. The molecule has 0 aliphatic heterocycles. The van der Waals surface area contributed by atoms with Crippen molar-refractivity contribution in [2.75, 3.05) is 0 Å². The molecule has 0 atom stereocenters. The molecule has 0 aliphatic carbocycles. The van der Waals surface area contributed by atoms with Crippen LogP contribution >= 0.6 is 0 Å². The van der Waals surface area contributed by atoms with Crippen molar-refractivity contribution < 1.29 is 52.2 Å². The molecule has 0 saturated carbocycles. The van der Waals surface area contributed by atoms with Crippen LogP contribution in [0.4, 0.5) is 0 Å². The van der Waals surface area contributed by atoms with Gasteiger partial charge in [-0.3, -0.25) is 0 Å². The molecule has 0 aromatic heterocycles. The van der Waals surface area contributed by atoms with Crippen molar-refractivity contribution in [1.82, 2.24) is 0.262 Å². The summed E-state index contributed by atoms with van der Waals surface area (Å²) in [7, 11) is 0. The Bertz CT molecular complexity index is 48.8. The number of carbonyl (C=O) groups excluding carboxylic acids is 1. The summed E-state index contributed by atoms with van der Waals surface area (Å²) < 4.78 is 2.53. The summed E-state index contributed by atoms with van der Waals surface area (Å²) in [5, 5.41) is 0. The fraction of sp³-hybridized carbons (Fsp3) is 0.667. The van der Waals surface area contributed by atoms with Crippen LogP contribution in [0, 0.1) is 47.5 Å². The molecular formula is C3H6EuNO. The number of amides is 1. The van der Waals surface area contributed by atoms with Crippen LogP contribution in [0.25, 0.3) is 0 Å². The number of hydrogen-bond acceptors (Lipinski definition) is 1. The van der Waals surface area contributed by atoms with E-state index in [2.05, 4.69) is 0.262 Å². The summed E-state index contributed by atoms with van der Waals surface area (Å²) in [5.41, 5.74) is 0. The average molecular weight is 224 g/mol. The first kappa shape index (κ1) is 7.05. The van der Waals surface area contributed by atoms with Crippen molar-refractivity contribution in [3.8, 4) is 0 Å². The van der Waals surface area contributed by atoms with Crippen molar-refractivity contribution in [3.63, 3.8) is 0 Å². The molecule has 0 spiro atoms. The van der Waals surface area contributed by atoms with Gasteiger partial charge in [0, 0.05) is 0 Å². The third-order valence-corrected chi connectivity index (χ3v) is 1.10. The normalized spacial score (nSPS) is 7.67. The predicted molar refractivity (Wildman–Crippen MR) is 18.4 cm³/mol. The van der Waals surface area contributed by atoms with Gasteiger partial charge in [0.2, 0.25) is 0 Å². The topological polar surface area (TPSA) is 29.1 Å². The quantitative estimate of drug-likeness (QED) is 0.666. The van der Waals surface area contributed by atoms with E-state index >= 15 is 0 Å². The zero-order valence-electron chi connectivity index (χ0n) is 3.49. The molecule has 1 N–H and O–H groups in total. The van der Waals surface area contributed by atoms with E-state index in [1.807, 2.05) is 6.92 Å². The molecule has 0 radical (unpaired) electrons. The fourth-order valence-electron chi connectivity index (χ4n) is 0.0668. The van der Waals surface area contributed by atoms with Gasteiger partial charge >= 0.3 is 71.8 Å². The van der Waals surface area contributed by atoms with Crippen molar-refractivity contribution in [2.45, 2.75) is 13.3 Å². The van der Waals surface area contributed by atoms with Crippen LogP contribution in [-0.4, -0.2) is 5.91 Å². The van der Waals surface area contributed by atoms with Crippen LogP contribution in [0.5, 0.6) is 0 Å². The van der Waals surface area contributed by atoms with Crippen LogP contribution < -0.4 is 0.262 Å². The van der Waals surface area contributed by atoms with Crippen LogP contribution in [-0.2, 0) is 4.79 Å². The van der Waals surface area contributed by atoms with Crippen LogP contribution in [0.15, 0.2) is 0 Å². The molecule has 0 saturated heterocycles. The zero-order chi connectivity index (χ0) is 4.99. The Hall–Kier alpha value is 1.05. The molecule has 6 heavy (non-hydrogen) atoms. The minimum absolute atomic E-state index is 0.117. The maximum atomic E-state index is 10.1. The van der Waals surface area contributed by atoms with Crippen LogP contribution in [0.2, 0.25) is 0 Å². The van der Waals surface area contributed by atoms with E-state index in [0.29, 0.717) is 6.42 Å². The van der Waals surface area contributed by atoms with E-state index in [-0.39, 0.29) is 5.91 Å². The third-order valence-electron chi connectivity index (χ3n) is 0.427. The van der Waals surface area contributed by atoms with Crippen molar-refractivity contribution in [2.24, 2.45) is 0 Å². The van der Waals surface area contributed by atoms with Gasteiger partial charge < -0.3 is 0 Å². The number of carbonyl (C=O) groups is 1. The van der Waals surface area contributed by atoms with Crippen LogP contribution in [0.3, 0.4) is 0 Å². The molecular weight excluding hydrogens is 218 g/mol. The number of nitrogens with one attached hydrogen (secondary N) is 1. The monoisotopic (exact) mass is 225 g/mol. The van der Waals surface area contributed by atoms with E-state index in [1.165, 1.54) is 47.5 Å². The molecule has 36 valence electrons. The van der Waals surface area contributed by atoms with Gasteiger partial charge in [0.05, 0.1) is 0 Å². The zero-order valence-corrected chi connectivity index (χ0v) is 5.92. The van der Waals surface area contributed by atoms with Crippen LogP contribution in [0.1, 0.15) is 13.3 Å². The molecule has 0 aliphatic rings. The number of hydrogen-bond donors (Lipinski definition) is 1. The maximum absolute atomic E-state index is 10.1. The van der Waals surface area contributed by atoms with Gasteiger partial charge in [0.1, 0.15) is 0 Å². The standard InChI is InChI=1S/C3H7NO.Eu/c1-2-3(4)5;/h2H2,1H3,(H2,4,5);/q;+1/p-1. The molecule has 2 nitrogen and oxygen atoms in total. The Morgan fingerprint density at radius 1 is 2.00 bits per heavy atom. The van der Waals surface area contributed by atoms with Crippen molar-refractivity contribution in [3.05, 3.63) is 0 Å². The minimum atomic E-state index is 0.117. The molecule has 0 bridgehead atoms. The second-order valence-electron chi connectivity index (χ2n) is 0.871. The van der Waals surface area contributed by atoms with E-state index < -0.39 is 0 Å². The van der Waals surface area contributed by atoms with E-state index in [1.54, 1.807) is 0 Å².